The number of allylic oxidation sites excluding steroid dienone is 8. The lowest BCUT2D eigenvalue weighted by Gasteiger charge is -2.18. The van der Waals surface area contributed by atoms with Gasteiger partial charge in [0.2, 0.25) is 0 Å². The minimum absolute atomic E-state index is 0.0879. The van der Waals surface area contributed by atoms with Gasteiger partial charge in [0, 0.05) is 19.3 Å². The van der Waals surface area contributed by atoms with Crippen LogP contribution in [-0.2, 0) is 28.6 Å². The Hall–Kier alpha value is -2.63. The lowest BCUT2D eigenvalue weighted by molar-refractivity contribution is -0.167. The van der Waals surface area contributed by atoms with E-state index in [2.05, 4.69) is 69.4 Å². The molecule has 0 rings (SSSR count). The van der Waals surface area contributed by atoms with Crippen LogP contribution in [0.1, 0.15) is 213 Å². The van der Waals surface area contributed by atoms with Gasteiger partial charge in [-0.1, -0.05) is 159 Å². The van der Waals surface area contributed by atoms with Gasteiger partial charge in [-0.05, 0) is 83.5 Å². The average molecular weight is 743 g/mol. The molecule has 1 atom stereocenters. The number of carbonyl (C=O) groups is 3. The van der Waals surface area contributed by atoms with Crippen molar-refractivity contribution in [1.82, 2.24) is 0 Å². The van der Waals surface area contributed by atoms with Gasteiger partial charge < -0.3 is 14.2 Å². The van der Waals surface area contributed by atoms with E-state index < -0.39 is 6.10 Å². The summed E-state index contributed by atoms with van der Waals surface area (Å²) >= 11 is 0. The summed E-state index contributed by atoms with van der Waals surface area (Å²) in [6.07, 6.45) is 48.1. The molecule has 0 spiro atoms. The minimum atomic E-state index is -0.784. The van der Waals surface area contributed by atoms with Crippen molar-refractivity contribution in [1.29, 1.82) is 0 Å². The van der Waals surface area contributed by atoms with E-state index in [0.29, 0.717) is 19.3 Å². The number of rotatable bonds is 39. The van der Waals surface area contributed by atoms with Crippen LogP contribution in [0.4, 0.5) is 0 Å². The first-order valence-corrected chi connectivity index (χ1v) is 22.2. The number of esters is 3. The predicted octanol–water partition coefficient (Wildman–Crippen LogP) is 14.0. The van der Waals surface area contributed by atoms with Crippen molar-refractivity contribution in [2.45, 2.75) is 219 Å². The topological polar surface area (TPSA) is 78.9 Å². The van der Waals surface area contributed by atoms with Crippen molar-refractivity contribution in [3.05, 3.63) is 48.6 Å². The summed E-state index contributed by atoms with van der Waals surface area (Å²) in [6, 6.07) is 0. The molecule has 6 heteroatoms. The van der Waals surface area contributed by atoms with E-state index >= 15 is 0 Å². The maximum absolute atomic E-state index is 12.7. The zero-order chi connectivity index (χ0) is 38.7. The van der Waals surface area contributed by atoms with Crippen LogP contribution in [0.5, 0.6) is 0 Å². The average Bonchev–Trinajstić information content (AvgIpc) is 3.15. The van der Waals surface area contributed by atoms with Crippen molar-refractivity contribution in [2.24, 2.45) is 0 Å². The summed E-state index contributed by atoms with van der Waals surface area (Å²) in [5, 5.41) is 0. The Labute approximate surface area is 327 Å². The number of unbranched alkanes of at least 4 members (excludes halogenated alkanes) is 21. The summed E-state index contributed by atoms with van der Waals surface area (Å²) in [7, 11) is 0. The molecule has 0 radical (unpaired) electrons. The highest BCUT2D eigenvalue weighted by atomic mass is 16.6. The van der Waals surface area contributed by atoms with E-state index in [-0.39, 0.29) is 31.1 Å². The van der Waals surface area contributed by atoms with Gasteiger partial charge in [0.1, 0.15) is 13.2 Å². The van der Waals surface area contributed by atoms with Crippen LogP contribution in [0.2, 0.25) is 0 Å². The summed E-state index contributed by atoms with van der Waals surface area (Å²) in [6.45, 7) is 6.47. The number of ether oxygens (including phenoxy) is 3. The highest BCUT2D eigenvalue weighted by Crippen LogP contribution is 2.13. The van der Waals surface area contributed by atoms with E-state index in [1.165, 1.54) is 70.6 Å². The van der Waals surface area contributed by atoms with Gasteiger partial charge in [0.15, 0.2) is 6.10 Å². The molecular weight excluding hydrogens is 661 g/mol. The predicted molar refractivity (Wildman–Crippen MR) is 224 cm³/mol. The molecule has 0 aromatic heterocycles. The largest absolute Gasteiger partial charge is 0.462 e. The maximum Gasteiger partial charge on any atom is 0.306 e. The fourth-order valence-electron chi connectivity index (χ4n) is 5.86. The molecule has 0 aliphatic heterocycles. The SMILES string of the molecule is CCCC/C=C\CCCCCCC(=O)OCC(COC(=O)CCCCCCCC/C=C\C=C/CCCCC)OC(=O)CCCCCC/C=C\CCCC. The Kier molecular flexibility index (Phi) is 40.0. The van der Waals surface area contributed by atoms with E-state index in [1.54, 1.807) is 0 Å². The standard InChI is InChI=1S/C47H82O6/c1-4-7-10-13-16-19-22-23-24-25-26-29-31-34-37-40-46(49)52-43-44(53-47(50)41-38-35-32-28-21-18-15-12-9-6-3)42-51-45(48)39-36-33-30-27-20-17-14-11-8-5-2/h14-19,22-23,44H,4-13,20-21,24-43H2,1-3H3/b17-14-,18-15-,19-16-,23-22-. The molecule has 0 bridgehead atoms. The third-order valence-corrected chi connectivity index (χ3v) is 9.30. The van der Waals surface area contributed by atoms with E-state index in [1.807, 2.05) is 0 Å². The molecule has 0 aromatic rings. The molecule has 306 valence electrons. The van der Waals surface area contributed by atoms with Crippen molar-refractivity contribution >= 4 is 17.9 Å². The minimum Gasteiger partial charge on any atom is -0.462 e. The fraction of sp³-hybridized carbons (Fsp3) is 0.766. The Morgan fingerprint density at radius 2 is 0.698 bits per heavy atom. The van der Waals surface area contributed by atoms with Crippen molar-refractivity contribution in [3.63, 3.8) is 0 Å². The molecule has 0 aliphatic rings. The van der Waals surface area contributed by atoms with E-state index in [0.717, 1.165) is 103 Å². The molecule has 6 nitrogen and oxygen atoms in total. The summed E-state index contributed by atoms with van der Waals surface area (Å²) in [5.41, 5.74) is 0. The smallest absolute Gasteiger partial charge is 0.306 e. The third kappa shape index (κ3) is 40.4. The lowest BCUT2D eigenvalue weighted by atomic mass is 10.1. The second-order valence-corrected chi connectivity index (χ2v) is 14.6. The Morgan fingerprint density at radius 3 is 1.11 bits per heavy atom. The Morgan fingerprint density at radius 1 is 0.377 bits per heavy atom. The molecule has 0 heterocycles. The summed E-state index contributed by atoms with van der Waals surface area (Å²) in [4.78, 5) is 37.6. The zero-order valence-electron chi connectivity index (χ0n) is 34.8. The summed E-state index contributed by atoms with van der Waals surface area (Å²) in [5.74, 6) is -0.930. The molecule has 1 unspecified atom stereocenters. The van der Waals surface area contributed by atoms with Crippen LogP contribution in [0.15, 0.2) is 48.6 Å². The van der Waals surface area contributed by atoms with Crippen LogP contribution in [0.25, 0.3) is 0 Å². The molecule has 0 saturated heterocycles. The monoisotopic (exact) mass is 743 g/mol. The molecule has 0 fully saturated rings. The zero-order valence-corrected chi connectivity index (χ0v) is 34.8. The molecule has 0 saturated carbocycles. The van der Waals surface area contributed by atoms with Crippen molar-refractivity contribution < 1.29 is 28.6 Å². The van der Waals surface area contributed by atoms with Gasteiger partial charge in [0.25, 0.3) is 0 Å². The highest BCUT2D eigenvalue weighted by molar-refractivity contribution is 5.71. The first-order chi connectivity index (χ1) is 26.0. The lowest BCUT2D eigenvalue weighted by Crippen LogP contribution is -2.30. The van der Waals surface area contributed by atoms with Crippen molar-refractivity contribution in [3.8, 4) is 0 Å². The van der Waals surface area contributed by atoms with Gasteiger partial charge >= 0.3 is 17.9 Å². The Balaban J connectivity index is 4.39. The molecule has 0 aromatic carbocycles. The second-order valence-electron chi connectivity index (χ2n) is 14.6. The highest BCUT2D eigenvalue weighted by Gasteiger charge is 2.19. The molecule has 0 aliphatic carbocycles. The van der Waals surface area contributed by atoms with Crippen LogP contribution in [-0.4, -0.2) is 37.2 Å². The normalized spacial score (nSPS) is 12.4. The molecule has 0 amide bonds. The van der Waals surface area contributed by atoms with Crippen LogP contribution in [0, 0.1) is 0 Å². The fourth-order valence-corrected chi connectivity index (χ4v) is 5.86. The van der Waals surface area contributed by atoms with Gasteiger partial charge in [-0.15, -0.1) is 0 Å². The van der Waals surface area contributed by atoms with Gasteiger partial charge in [-0.3, -0.25) is 14.4 Å². The third-order valence-electron chi connectivity index (χ3n) is 9.30. The quantitative estimate of drug-likeness (QED) is 0.0205. The Bertz CT molecular complexity index is 949. The molecule has 0 N–H and O–H groups in total. The first kappa shape index (κ1) is 50.4. The number of hydrogen-bond donors (Lipinski definition) is 0. The first-order valence-electron chi connectivity index (χ1n) is 22.2. The van der Waals surface area contributed by atoms with Gasteiger partial charge in [0.05, 0.1) is 0 Å². The number of hydrogen-bond acceptors (Lipinski definition) is 6. The number of carbonyl (C=O) groups excluding carboxylic acids is 3. The molecule has 53 heavy (non-hydrogen) atoms. The van der Waals surface area contributed by atoms with Crippen LogP contribution < -0.4 is 0 Å². The van der Waals surface area contributed by atoms with Crippen molar-refractivity contribution in [2.75, 3.05) is 13.2 Å². The second kappa shape index (κ2) is 42.1. The van der Waals surface area contributed by atoms with Crippen LogP contribution >= 0.6 is 0 Å². The van der Waals surface area contributed by atoms with Gasteiger partial charge in [-0.25, -0.2) is 0 Å². The molecular formula is C47H82O6. The maximum atomic E-state index is 12.7. The van der Waals surface area contributed by atoms with E-state index in [9.17, 15) is 14.4 Å². The van der Waals surface area contributed by atoms with Gasteiger partial charge in [-0.2, -0.15) is 0 Å². The summed E-state index contributed by atoms with van der Waals surface area (Å²) < 4.78 is 16.6. The van der Waals surface area contributed by atoms with Crippen LogP contribution in [0.3, 0.4) is 0 Å². The van der Waals surface area contributed by atoms with E-state index in [4.69, 9.17) is 14.2 Å².